The minimum absolute atomic E-state index is 0.0660. The number of carbonyl (C=O) groups is 2. The zero-order valence-electron chi connectivity index (χ0n) is 20.6. The van der Waals surface area contributed by atoms with Crippen LogP contribution in [0.3, 0.4) is 0 Å². The topological polar surface area (TPSA) is 160 Å². The van der Waals surface area contributed by atoms with Gasteiger partial charge in [-0.1, -0.05) is 12.1 Å². The summed E-state index contributed by atoms with van der Waals surface area (Å²) in [5.74, 6) is -4.79. The summed E-state index contributed by atoms with van der Waals surface area (Å²) in [6.07, 6.45) is 0.704. The van der Waals surface area contributed by atoms with E-state index in [1.807, 2.05) is 0 Å². The van der Waals surface area contributed by atoms with Crippen LogP contribution in [0.5, 0.6) is 0 Å². The van der Waals surface area contributed by atoms with Crippen LogP contribution in [-0.4, -0.2) is 62.5 Å². The number of sulfone groups is 1. The zero-order valence-corrected chi connectivity index (χ0v) is 21.5. The second-order valence-electron chi connectivity index (χ2n) is 9.18. The number of hydrogen-bond acceptors (Lipinski definition) is 7. The SMILES string of the molecule is N#CC1CC(F)(F)CN1C(=O)CNC(=O)c1cc[n+]([O-])c2ccc(-c3ccc(S(=O)(=O)CCCN)cc3)cc12. The minimum atomic E-state index is -3.48. The molecule has 0 radical (unpaired) electrons. The van der Waals surface area contributed by atoms with Crippen molar-refractivity contribution in [3.8, 4) is 17.2 Å². The Labute approximate surface area is 223 Å². The van der Waals surface area contributed by atoms with Gasteiger partial charge in [-0.05, 0) is 48.4 Å². The van der Waals surface area contributed by atoms with Gasteiger partial charge < -0.3 is 21.2 Å². The summed E-state index contributed by atoms with van der Waals surface area (Å²) < 4.78 is 52.7. The van der Waals surface area contributed by atoms with Crippen molar-refractivity contribution in [1.82, 2.24) is 10.2 Å². The number of halogens is 2. The van der Waals surface area contributed by atoms with Crippen LogP contribution in [0.4, 0.5) is 8.78 Å². The lowest BCUT2D eigenvalue weighted by atomic mass is 10.0. The van der Waals surface area contributed by atoms with Crippen LogP contribution in [0.25, 0.3) is 22.0 Å². The minimum Gasteiger partial charge on any atom is -0.618 e. The Morgan fingerprint density at radius 2 is 1.87 bits per heavy atom. The Hall–Kier alpha value is -4.15. The van der Waals surface area contributed by atoms with E-state index in [4.69, 9.17) is 11.0 Å². The van der Waals surface area contributed by atoms with Gasteiger partial charge in [0.1, 0.15) is 6.04 Å². The Balaban J connectivity index is 1.57. The number of pyridine rings is 1. The van der Waals surface area contributed by atoms with E-state index in [1.54, 1.807) is 30.3 Å². The molecule has 4 rings (SSSR count). The molecule has 13 heteroatoms. The van der Waals surface area contributed by atoms with Gasteiger partial charge in [-0.15, -0.1) is 0 Å². The summed E-state index contributed by atoms with van der Waals surface area (Å²) in [5, 5.41) is 24.1. The number of aromatic nitrogens is 1. The third-order valence-corrected chi connectivity index (χ3v) is 8.27. The number of nitrogens with one attached hydrogen (secondary N) is 1. The van der Waals surface area contributed by atoms with Crippen LogP contribution in [-0.2, 0) is 14.6 Å². The molecule has 0 saturated carbocycles. The van der Waals surface area contributed by atoms with Gasteiger partial charge >= 0.3 is 0 Å². The first-order valence-corrected chi connectivity index (χ1v) is 13.7. The van der Waals surface area contributed by atoms with Gasteiger partial charge in [0.05, 0.1) is 40.8 Å². The van der Waals surface area contributed by atoms with Crippen LogP contribution >= 0.6 is 0 Å². The second-order valence-corrected chi connectivity index (χ2v) is 11.3. The standard InChI is InChI=1S/C26H25F2N5O5S/c27-26(28)13-19(14-30)32(16-26)24(34)15-31-25(35)21-8-10-33(36)23-7-4-18(12-22(21)23)17-2-5-20(6-3-17)39(37,38)11-1-9-29/h2-8,10,12,19H,1,9,11,13,15-16,29H2,(H,31,35). The summed E-state index contributed by atoms with van der Waals surface area (Å²) in [7, 11) is -3.48. The number of amides is 2. The molecule has 3 N–H and O–H groups in total. The predicted octanol–water partition coefficient (Wildman–Crippen LogP) is 1.75. The average molecular weight is 558 g/mol. The molecule has 1 aromatic heterocycles. The van der Waals surface area contributed by atoms with E-state index < -0.39 is 53.1 Å². The molecule has 1 unspecified atom stereocenters. The summed E-state index contributed by atoms with van der Waals surface area (Å²) in [6, 6.07) is 12.6. The van der Waals surface area contributed by atoms with Crippen LogP contribution in [0.1, 0.15) is 23.2 Å². The van der Waals surface area contributed by atoms with E-state index in [2.05, 4.69) is 5.32 Å². The zero-order chi connectivity index (χ0) is 28.4. The second kappa shape index (κ2) is 10.9. The van der Waals surface area contributed by atoms with E-state index in [-0.39, 0.29) is 33.7 Å². The fourth-order valence-corrected chi connectivity index (χ4v) is 5.76. The highest BCUT2D eigenvalue weighted by atomic mass is 32.2. The first-order valence-electron chi connectivity index (χ1n) is 12.0. The molecule has 0 bridgehead atoms. The monoisotopic (exact) mass is 557 g/mol. The van der Waals surface area contributed by atoms with Crippen molar-refractivity contribution < 1.29 is 31.5 Å². The third-order valence-electron chi connectivity index (χ3n) is 6.45. The molecule has 10 nitrogen and oxygen atoms in total. The fourth-order valence-electron chi connectivity index (χ4n) is 4.43. The summed E-state index contributed by atoms with van der Waals surface area (Å²) in [5.41, 5.74) is 6.88. The molecule has 204 valence electrons. The largest absolute Gasteiger partial charge is 0.618 e. The van der Waals surface area contributed by atoms with Crippen molar-refractivity contribution in [2.24, 2.45) is 5.73 Å². The Morgan fingerprint density at radius 3 is 2.54 bits per heavy atom. The molecule has 2 heterocycles. The van der Waals surface area contributed by atoms with E-state index in [0.717, 1.165) is 11.1 Å². The molecular formula is C26H25F2N5O5S. The van der Waals surface area contributed by atoms with Crippen LogP contribution in [0.15, 0.2) is 59.6 Å². The summed E-state index contributed by atoms with van der Waals surface area (Å²) >= 11 is 0. The van der Waals surface area contributed by atoms with Gasteiger partial charge in [0, 0.05) is 18.6 Å². The molecule has 2 amide bonds. The molecule has 1 atom stereocenters. The number of benzene rings is 2. The number of nitrogens with zero attached hydrogens (tertiary/aromatic N) is 3. The van der Waals surface area contributed by atoms with Crippen molar-refractivity contribution in [1.29, 1.82) is 5.26 Å². The van der Waals surface area contributed by atoms with Crippen LogP contribution < -0.4 is 15.8 Å². The maximum Gasteiger partial charge on any atom is 0.268 e. The van der Waals surface area contributed by atoms with Crippen LogP contribution in [0.2, 0.25) is 0 Å². The van der Waals surface area contributed by atoms with Crippen LogP contribution in [0, 0.1) is 16.5 Å². The number of likely N-dealkylation sites (tertiary alicyclic amines) is 1. The van der Waals surface area contributed by atoms with Crippen molar-refractivity contribution in [2.45, 2.75) is 29.7 Å². The molecule has 2 aromatic carbocycles. The number of nitrogens with two attached hydrogens (primary N) is 1. The molecule has 1 saturated heterocycles. The summed E-state index contributed by atoms with van der Waals surface area (Å²) in [6.45, 7) is -1.26. The van der Waals surface area contributed by atoms with Crippen molar-refractivity contribution in [3.63, 3.8) is 0 Å². The quantitative estimate of drug-likeness (QED) is 0.315. The fraction of sp³-hybridized carbons (Fsp3) is 0.308. The lowest BCUT2D eigenvalue weighted by Crippen LogP contribution is -2.43. The van der Waals surface area contributed by atoms with E-state index in [9.17, 15) is 32.0 Å². The van der Waals surface area contributed by atoms with Gasteiger partial charge in [0.25, 0.3) is 11.8 Å². The first kappa shape index (κ1) is 27.9. The number of alkyl halides is 2. The lowest BCUT2D eigenvalue weighted by Gasteiger charge is -2.19. The Bertz CT molecular complexity index is 1570. The Kier molecular flexibility index (Phi) is 7.80. The third kappa shape index (κ3) is 5.97. The number of nitriles is 1. The molecular weight excluding hydrogens is 532 g/mol. The normalized spacial score (nSPS) is 16.7. The maximum atomic E-state index is 13.7. The summed E-state index contributed by atoms with van der Waals surface area (Å²) in [4.78, 5) is 26.3. The molecule has 1 aliphatic heterocycles. The van der Waals surface area contributed by atoms with E-state index in [1.165, 1.54) is 24.3 Å². The Morgan fingerprint density at radius 1 is 1.18 bits per heavy atom. The first-order chi connectivity index (χ1) is 18.5. The number of fused-ring (bicyclic) bond motifs is 1. The van der Waals surface area contributed by atoms with Gasteiger partial charge in [-0.2, -0.15) is 9.99 Å². The highest BCUT2D eigenvalue weighted by Crippen LogP contribution is 2.31. The van der Waals surface area contributed by atoms with Gasteiger partial charge in [0.15, 0.2) is 16.0 Å². The molecule has 1 fully saturated rings. The molecule has 39 heavy (non-hydrogen) atoms. The van der Waals surface area contributed by atoms with Gasteiger partial charge in [-0.3, -0.25) is 9.59 Å². The average Bonchev–Trinajstić information content (AvgIpc) is 3.25. The van der Waals surface area contributed by atoms with Crippen molar-refractivity contribution in [3.05, 3.63) is 65.5 Å². The highest BCUT2D eigenvalue weighted by Gasteiger charge is 2.47. The molecule has 1 aliphatic rings. The lowest BCUT2D eigenvalue weighted by molar-refractivity contribution is -0.577. The number of rotatable bonds is 8. The van der Waals surface area contributed by atoms with Crippen molar-refractivity contribution >= 4 is 32.6 Å². The van der Waals surface area contributed by atoms with E-state index in [0.29, 0.717) is 22.3 Å². The molecule has 0 aliphatic carbocycles. The maximum absolute atomic E-state index is 13.7. The smallest absolute Gasteiger partial charge is 0.268 e. The number of hydrogen-bond donors (Lipinski definition) is 2. The molecule has 3 aromatic rings. The van der Waals surface area contributed by atoms with Gasteiger partial charge in [0.2, 0.25) is 11.4 Å². The van der Waals surface area contributed by atoms with Crippen molar-refractivity contribution in [2.75, 3.05) is 25.4 Å². The highest BCUT2D eigenvalue weighted by molar-refractivity contribution is 7.91. The molecule has 0 spiro atoms. The number of carbonyl (C=O) groups excluding carboxylic acids is 2. The predicted molar refractivity (Wildman–Crippen MR) is 137 cm³/mol. The van der Waals surface area contributed by atoms with Gasteiger partial charge in [-0.25, -0.2) is 17.2 Å². The van der Waals surface area contributed by atoms with E-state index >= 15 is 0 Å².